The molecule has 0 amide bonds. The van der Waals surface area contributed by atoms with Crippen molar-refractivity contribution in [1.29, 1.82) is 0 Å². The summed E-state index contributed by atoms with van der Waals surface area (Å²) in [7, 11) is -2.95. The maximum absolute atomic E-state index is 12.0. The Kier molecular flexibility index (Phi) is 7.36. The SMILES string of the molecule is CC(C)(C)S(=O)(=O)CCCCCCCc1ccc(N2CCCC2)cc1. The van der Waals surface area contributed by atoms with Crippen LogP contribution in [-0.2, 0) is 16.3 Å². The van der Waals surface area contributed by atoms with Gasteiger partial charge in [-0.05, 0) is 70.6 Å². The lowest BCUT2D eigenvalue weighted by Crippen LogP contribution is -2.30. The largest absolute Gasteiger partial charge is 0.372 e. The van der Waals surface area contributed by atoms with Crippen molar-refractivity contribution in [3.8, 4) is 0 Å². The van der Waals surface area contributed by atoms with E-state index in [0.29, 0.717) is 5.75 Å². The van der Waals surface area contributed by atoms with Crippen molar-refractivity contribution in [3.63, 3.8) is 0 Å². The smallest absolute Gasteiger partial charge is 0.155 e. The van der Waals surface area contributed by atoms with Crippen LogP contribution in [0.4, 0.5) is 5.69 Å². The van der Waals surface area contributed by atoms with E-state index in [1.165, 1.54) is 50.0 Å². The predicted octanol–water partition coefficient (Wildman–Crippen LogP) is 4.99. The molecule has 1 aliphatic heterocycles. The molecule has 1 aliphatic rings. The highest BCUT2D eigenvalue weighted by atomic mass is 32.2. The molecule has 0 radical (unpaired) electrons. The second kappa shape index (κ2) is 9.07. The van der Waals surface area contributed by atoms with Crippen molar-refractivity contribution in [1.82, 2.24) is 0 Å². The molecule has 1 aromatic rings. The van der Waals surface area contributed by atoms with Gasteiger partial charge in [-0.3, -0.25) is 0 Å². The van der Waals surface area contributed by atoms with Crippen molar-refractivity contribution in [3.05, 3.63) is 29.8 Å². The highest BCUT2D eigenvalue weighted by Crippen LogP contribution is 2.21. The fraction of sp³-hybridized carbons (Fsp3) is 0.714. The second-order valence-electron chi connectivity index (χ2n) is 8.31. The van der Waals surface area contributed by atoms with E-state index in [1.807, 2.05) is 0 Å². The monoisotopic (exact) mass is 365 g/mol. The highest BCUT2D eigenvalue weighted by molar-refractivity contribution is 7.92. The second-order valence-corrected chi connectivity index (χ2v) is 11.2. The number of hydrogen-bond donors (Lipinski definition) is 0. The lowest BCUT2D eigenvalue weighted by atomic mass is 10.1. The molecule has 2 rings (SSSR count). The maximum atomic E-state index is 12.0. The van der Waals surface area contributed by atoms with Gasteiger partial charge < -0.3 is 4.90 Å². The summed E-state index contributed by atoms with van der Waals surface area (Å²) < 4.78 is 23.5. The van der Waals surface area contributed by atoms with E-state index in [-0.39, 0.29) is 0 Å². The Labute approximate surface area is 154 Å². The molecule has 25 heavy (non-hydrogen) atoms. The van der Waals surface area contributed by atoms with Gasteiger partial charge in [-0.2, -0.15) is 0 Å². The minimum Gasteiger partial charge on any atom is -0.372 e. The van der Waals surface area contributed by atoms with Gasteiger partial charge >= 0.3 is 0 Å². The van der Waals surface area contributed by atoms with E-state index in [2.05, 4.69) is 29.2 Å². The van der Waals surface area contributed by atoms with Crippen LogP contribution in [-0.4, -0.2) is 32.0 Å². The Morgan fingerprint density at radius 2 is 1.44 bits per heavy atom. The molecule has 3 nitrogen and oxygen atoms in total. The van der Waals surface area contributed by atoms with Gasteiger partial charge in [-0.1, -0.05) is 31.4 Å². The molecule has 0 aliphatic carbocycles. The van der Waals surface area contributed by atoms with Crippen molar-refractivity contribution in [2.75, 3.05) is 23.7 Å². The van der Waals surface area contributed by atoms with Gasteiger partial charge in [0.1, 0.15) is 0 Å². The quantitative estimate of drug-likeness (QED) is 0.578. The first-order valence-electron chi connectivity index (χ1n) is 9.86. The number of sulfone groups is 1. The maximum Gasteiger partial charge on any atom is 0.155 e. The summed E-state index contributed by atoms with van der Waals surface area (Å²) in [5, 5.41) is 0. The number of unbranched alkanes of at least 4 members (excludes halogenated alkanes) is 4. The Balaban J connectivity index is 1.59. The zero-order valence-corrected chi connectivity index (χ0v) is 17.1. The lowest BCUT2D eigenvalue weighted by Gasteiger charge is -2.18. The minimum absolute atomic E-state index is 0.328. The van der Waals surface area contributed by atoms with Crippen LogP contribution < -0.4 is 4.90 Å². The number of nitrogens with zero attached hydrogens (tertiary/aromatic N) is 1. The first-order valence-corrected chi connectivity index (χ1v) is 11.5. The number of anilines is 1. The molecule has 1 saturated heterocycles. The molecule has 0 N–H and O–H groups in total. The van der Waals surface area contributed by atoms with Gasteiger partial charge in [0.05, 0.1) is 10.5 Å². The standard InChI is InChI=1S/C21H35NO2S/c1-21(2,3)25(23,24)18-10-6-4-5-7-11-19-12-14-20(15-13-19)22-16-8-9-17-22/h12-15H,4-11,16-18H2,1-3H3. The topological polar surface area (TPSA) is 37.4 Å². The molecule has 142 valence electrons. The van der Waals surface area contributed by atoms with E-state index in [9.17, 15) is 8.42 Å². The Morgan fingerprint density at radius 1 is 0.880 bits per heavy atom. The van der Waals surface area contributed by atoms with Gasteiger partial charge in [0.2, 0.25) is 0 Å². The first-order chi connectivity index (χ1) is 11.8. The van der Waals surface area contributed by atoms with Crippen LogP contribution in [0.1, 0.15) is 71.3 Å². The van der Waals surface area contributed by atoms with E-state index in [4.69, 9.17) is 0 Å². The third-order valence-electron chi connectivity index (χ3n) is 5.22. The molecule has 0 saturated carbocycles. The van der Waals surface area contributed by atoms with Gasteiger partial charge in [0, 0.05) is 18.8 Å². The van der Waals surface area contributed by atoms with E-state index < -0.39 is 14.6 Å². The molecular weight excluding hydrogens is 330 g/mol. The third-order valence-corrected chi connectivity index (χ3v) is 7.91. The lowest BCUT2D eigenvalue weighted by molar-refractivity contribution is 0.552. The number of hydrogen-bond acceptors (Lipinski definition) is 3. The minimum atomic E-state index is -2.95. The summed E-state index contributed by atoms with van der Waals surface area (Å²) in [6.45, 7) is 7.76. The molecule has 1 heterocycles. The van der Waals surface area contributed by atoms with Gasteiger partial charge in [-0.25, -0.2) is 8.42 Å². The summed E-state index contributed by atoms with van der Waals surface area (Å²) in [6, 6.07) is 9.06. The fourth-order valence-electron chi connectivity index (χ4n) is 3.31. The van der Waals surface area contributed by atoms with Crippen molar-refractivity contribution in [2.45, 2.75) is 76.9 Å². The third kappa shape index (κ3) is 6.32. The summed E-state index contributed by atoms with van der Waals surface area (Å²) >= 11 is 0. The van der Waals surface area contributed by atoms with Crippen LogP contribution in [0.25, 0.3) is 0 Å². The summed E-state index contributed by atoms with van der Waals surface area (Å²) in [4.78, 5) is 2.47. The normalized spacial score (nSPS) is 15.7. The van der Waals surface area contributed by atoms with E-state index >= 15 is 0 Å². The Bertz CT molecular complexity index is 608. The van der Waals surface area contributed by atoms with Gasteiger partial charge in [-0.15, -0.1) is 0 Å². The molecule has 0 bridgehead atoms. The van der Waals surface area contributed by atoms with Crippen LogP contribution in [0.3, 0.4) is 0 Å². The Hall–Kier alpha value is -1.03. The van der Waals surface area contributed by atoms with Crippen molar-refractivity contribution in [2.24, 2.45) is 0 Å². The summed E-state index contributed by atoms with van der Waals surface area (Å²) in [5.41, 5.74) is 2.78. The zero-order valence-electron chi connectivity index (χ0n) is 16.3. The molecule has 1 aromatic carbocycles. The number of rotatable bonds is 9. The van der Waals surface area contributed by atoms with Crippen LogP contribution in [0.15, 0.2) is 24.3 Å². The molecule has 4 heteroatoms. The van der Waals surface area contributed by atoms with Crippen LogP contribution in [0.2, 0.25) is 0 Å². The van der Waals surface area contributed by atoms with E-state index in [1.54, 1.807) is 20.8 Å². The molecular formula is C21H35NO2S. The molecule has 0 spiro atoms. The van der Waals surface area contributed by atoms with Crippen molar-refractivity contribution < 1.29 is 8.42 Å². The summed E-state index contributed by atoms with van der Waals surface area (Å²) in [6.07, 6.45) is 9.08. The zero-order chi connectivity index (χ0) is 18.3. The number of benzene rings is 1. The molecule has 1 fully saturated rings. The highest BCUT2D eigenvalue weighted by Gasteiger charge is 2.27. The van der Waals surface area contributed by atoms with Gasteiger partial charge in [0.15, 0.2) is 9.84 Å². The van der Waals surface area contributed by atoms with E-state index in [0.717, 1.165) is 25.7 Å². The average molecular weight is 366 g/mol. The molecule has 0 unspecified atom stereocenters. The predicted molar refractivity (Wildman–Crippen MR) is 108 cm³/mol. The summed E-state index contributed by atoms with van der Waals surface area (Å²) in [5.74, 6) is 0.328. The van der Waals surface area contributed by atoms with Crippen LogP contribution in [0, 0.1) is 0 Å². The number of aryl methyl sites for hydroxylation is 1. The van der Waals surface area contributed by atoms with Gasteiger partial charge in [0.25, 0.3) is 0 Å². The van der Waals surface area contributed by atoms with Crippen molar-refractivity contribution >= 4 is 15.5 Å². The Morgan fingerprint density at radius 3 is 2.04 bits per heavy atom. The first kappa shape index (κ1) is 20.3. The average Bonchev–Trinajstić information content (AvgIpc) is 3.08. The van der Waals surface area contributed by atoms with Crippen LogP contribution >= 0.6 is 0 Å². The molecule has 0 aromatic heterocycles. The fourth-order valence-corrected chi connectivity index (χ4v) is 4.50. The van der Waals surface area contributed by atoms with Crippen LogP contribution in [0.5, 0.6) is 0 Å². The molecule has 0 atom stereocenters.